The molecule has 0 fully saturated rings. The quantitative estimate of drug-likeness (QED) is 0.393. The number of nitrogens with one attached hydrogen (secondary N) is 1. The molecule has 0 unspecified atom stereocenters. The molecule has 0 spiro atoms. The fraction of sp³-hybridized carbons (Fsp3) is 0.312. The van der Waals surface area contributed by atoms with Gasteiger partial charge in [-0.25, -0.2) is 0 Å². The van der Waals surface area contributed by atoms with Gasteiger partial charge in [-0.1, -0.05) is 0 Å². The van der Waals surface area contributed by atoms with Crippen LogP contribution in [0.3, 0.4) is 0 Å². The maximum atomic E-state index is 12.3. The molecule has 0 bridgehead atoms. The van der Waals surface area contributed by atoms with Gasteiger partial charge in [-0.2, -0.15) is 5.26 Å². The Kier molecular flexibility index (Phi) is 7.81. The van der Waals surface area contributed by atoms with Crippen molar-refractivity contribution < 1.29 is 19.1 Å². The summed E-state index contributed by atoms with van der Waals surface area (Å²) in [6.07, 6.45) is 2.27. The van der Waals surface area contributed by atoms with Crippen molar-refractivity contribution in [3.8, 4) is 17.6 Å². The summed E-state index contributed by atoms with van der Waals surface area (Å²) in [4.78, 5) is 24.5. The molecule has 1 rings (SSSR count). The summed E-state index contributed by atoms with van der Waals surface area (Å²) >= 11 is 0. The van der Waals surface area contributed by atoms with Crippen molar-refractivity contribution in [3.63, 3.8) is 0 Å². The third-order valence-electron chi connectivity index (χ3n) is 3.07. The largest absolute Gasteiger partial charge is 0.497 e. The number of nitrogens with two attached hydrogens (primary N) is 1. The minimum Gasteiger partial charge on any atom is -0.497 e. The van der Waals surface area contributed by atoms with Crippen LogP contribution in [0.25, 0.3) is 0 Å². The highest BCUT2D eigenvalue weighted by molar-refractivity contribution is 6.07. The van der Waals surface area contributed by atoms with Crippen LogP contribution in [0.1, 0.15) is 6.42 Å². The second kappa shape index (κ2) is 9.86. The van der Waals surface area contributed by atoms with Crippen molar-refractivity contribution in [3.05, 3.63) is 30.0 Å². The second-order valence-electron chi connectivity index (χ2n) is 4.66. The van der Waals surface area contributed by atoms with Gasteiger partial charge in [0, 0.05) is 18.8 Å². The Hall–Kier alpha value is -3.05. The molecule has 0 saturated heterocycles. The molecule has 1 aromatic rings. The summed E-state index contributed by atoms with van der Waals surface area (Å²) in [5, 5.41) is 11.7. The zero-order chi connectivity index (χ0) is 17.9. The van der Waals surface area contributed by atoms with E-state index in [4.69, 9.17) is 20.5 Å². The zero-order valence-corrected chi connectivity index (χ0v) is 13.6. The summed E-state index contributed by atoms with van der Waals surface area (Å²) in [5.74, 6) is 0.270. The van der Waals surface area contributed by atoms with Crippen molar-refractivity contribution >= 4 is 18.0 Å². The fourth-order valence-electron chi connectivity index (χ4n) is 1.83. The molecule has 0 atom stereocenters. The number of nitrogens with zero attached hydrogens (tertiary/aromatic N) is 2. The Morgan fingerprint density at radius 3 is 2.71 bits per heavy atom. The molecule has 0 saturated carbocycles. The van der Waals surface area contributed by atoms with E-state index in [9.17, 15) is 9.59 Å². The normalized spacial score (nSPS) is 10.5. The van der Waals surface area contributed by atoms with Crippen LogP contribution in [0.15, 0.2) is 30.0 Å². The molecule has 3 N–H and O–H groups in total. The van der Waals surface area contributed by atoms with Crippen molar-refractivity contribution in [2.45, 2.75) is 6.42 Å². The number of nitriles is 1. The van der Waals surface area contributed by atoms with E-state index in [1.807, 2.05) is 0 Å². The van der Waals surface area contributed by atoms with Gasteiger partial charge in [0.2, 0.25) is 6.41 Å². The molecule has 1 aromatic carbocycles. The Labute approximate surface area is 140 Å². The van der Waals surface area contributed by atoms with E-state index in [2.05, 4.69) is 5.32 Å². The molecule has 0 aliphatic rings. The van der Waals surface area contributed by atoms with Gasteiger partial charge >= 0.3 is 0 Å². The Morgan fingerprint density at radius 1 is 1.42 bits per heavy atom. The molecule has 128 valence electrons. The lowest BCUT2D eigenvalue weighted by Gasteiger charge is -2.14. The van der Waals surface area contributed by atoms with Gasteiger partial charge in [-0.3, -0.25) is 9.59 Å². The number of rotatable bonds is 9. The minimum absolute atomic E-state index is 0.219. The smallest absolute Gasteiger partial charge is 0.267 e. The molecule has 24 heavy (non-hydrogen) atoms. The van der Waals surface area contributed by atoms with E-state index in [1.54, 1.807) is 24.3 Å². The van der Waals surface area contributed by atoms with Crippen LogP contribution in [-0.2, 0) is 9.59 Å². The van der Waals surface area contributed by atoms with Gasteiger partial charge in [0.15, 0.2) is 0 Å². The second-order valence-corrected chi connectivity index (χ2v) is 4.66. The predicted octanol–water partition coefficient (Wildman–Crippen LogP) is 0.857. The van der Waals surface area contributed by atoms with Crippen LogP contribution in [-0.4, -0.2) is 44.5 Å². The maximum absolute atomic E-state index is 12.3. The van der Waals surface area contributed by atoms with Crippen LogP contribution in [0.4, 0.5) is 5.69 Å². The van der Waals surface area contributed by atoms with E-state index in [0.717, 1.165) is 0 Å². The molecule has 0 heterocycles. The molecule has 8 heteroatoms. The van der Waals surface area contributed by atoms with E-state index in [-0.39, 0.29) is 5.57 Å². The number of amides is 2. The predicted molar refractivity (Wildman–Crippen MR) is 88.3 cm³/mol. The number of ether oxygens (including phenoxy) is 2. The number of anilines is 1. The number of benzene rings is 1. The van der Waals surface area contributed by atoms with Gasteiger partial charge < -0.3 is 25.4 Å². The third-order valence-corrected chi connectivity index (χ3v) is 3.07. The number of carbonyl (C=O) groups excluding carboxylic acids is 2. The monoisotopic (exact) mass is 332 g/mol. The highest BCUT2D eigenvalue weighted by Crippen LogP contribution is 2.29. The highest BCUT2D eigenvalue weighted by Gasteiger charge is 2.14. The van der Waals surface area contributed by atoms with Gasteiger partial charge in [-0.05, 0) is 25.1 Å². The van der Waals surface area contributed by atoms with E-state index < -0.39 is 5.91 Å². The van der Waals surface area contributed by atoms with Crippen molar-refractivity contribution in [1.82, 2.24) is 4.90 Å². The van der Waals surface area contributed by atoms with E-state index in [1.165, 1.54) is 25.3 Å². The van der Waals surface area contributed by atoms with Crippen molar-refractivity contribution in [2.24, 2.45) is 5.73 Å². The number of methoxy groups -OCH3 is 2. The average Bonchev–Trinajstić information content (AvgIpc) is 2.61. The molecule has 0 aliphatic heterocycles. The van der Waals surface area contributed by atoms with Crippen molar-refractivity contribution in [1.29, 1.82) is 5.26 Å². The van der Waals surface area contributed by atoms with Gasteiger partial charge in [-0.15, -0.1) is 0 Å². The maximum Gasteiger partial charge on any atom is 0.267 e. The average molecular weight is 332 g/mol. The molecule has 0 radical (unpaired) electrons. The summed E-state index contributed by atoms with van der Waals surface area (Å²) in [5.41, 5.74) is 5.51. The number of hydrogen-bond donors (Lipinski definition) is 2. The SMILES string of the molecule is COc1ccc(OC)c(NC(=O)/C(C#N)=C\N(C=O)CCCN)c1. The molecule has 8 nitrogen and oxygen atoms in total. The molecular formula is C16H20N4O4. The summed E-state index contributed by atoms with van der Waals surface area (Å²) in [6, 6.07) is 6.65. The van der Waals surface area contributed by atoms with Gasteiger partial charge in [0.05, 0.1) is 19.9 Å². The fourth-order valence-corrected chi connectivity index (χ4v) is 1.83. The molecule has 2 amide bonds. The highest BCUT2D eigenvalue weighted by atomic mass is 16.5. The topological polar surface area (TPSA) is 118 Å². The third kappa shape index (κ3) is 5.30. The first-order chi connectivity index (χ1) is 11.6. The summed E-state index contributed by atoms with van der Waals surface area (Å²) in [6.45, 7) is 0.716. The minimum atomic E-state index is -0.663. The molecular weight excluding hydrogens is 312 g/mol. The van der Waals surface area contributed by atoms with Crippen molar-refractivity contribution in [2.75, 3.05) is 32.6 Å². The van der Waals surface area contributed by atoms with Crippen LogP contribution in [0, 0.1) is 11.3 Å². The lowest BCUT2D eigenvalue weighted by molar-refractivity contribution is -0.116. The summed E-state index contributed by atoms with van der Waals surface area (Å²) in [7, 11) is 2.95. The first-order valence-electron chi connectivity index (χ1n) is 7.16. The first kappa shape index (κ1) is 19.0. The zero-order valence-electron chi connectivity index (χ0n) is 13.6. The Morgan fingerprint density at radius 2 is 2.17 bits per heavy atom. The lowest BCUT2D eigenvalue weighted by Crippen LogP contribution is -2.22. The number of hydrogen-bond acceptors (Lipinski definition) is 6. The van der Waals surface area contributed by atoms with Crippen LogP contribution in [0.5, 0.6) is 11.5 Å². The first-order valence-corrected chi connectivity index (χ1v) is 7.16. The molecule has 0 aliphatic carbocycles. The summed E-state index contributed by atoms with van der Waals surface area (Å²) < 4.78 is 10.3. The Bertz CT molecular complexity index is 652. The van der Waals surface area contributed by atoms with E-state index in [0.29, 0.717) is 43.1 Å². The standard InChI is InChI=1S/C16H20N4O4/c1-23-13-4-5-15(24-2)14(8-13)19-16(22)12(9-18)10-20(11-21)7-3-6-17/h4-5,8,10-11H,3,6-7,17H2,1-2H3,(H,19,22)/b12-10-. The van der Waals surface area contributed by atoms with Crippen LogP contribution in [0.2, 0.25) is 0 Å². The molecule has 0 aromatic heterocycles. The van der Waals surface area contributed by atoms with Crippen LogP contribution < -0.4 is 20.5 Å². The van der Waals surface area contributed by atoms with Gasteiger partial charge in [0.1, 0.15) is 23.1 Å². The Balaban J connectivity index is 2.99. The number of carbonyl (C=O) groups is 2. The van der Waals surface area contributed by atoms with Gasteiger partial charge in [0.25, 0.3) is 5.91 Å². The van der Waals surface area contributed by atoms with Crippen LogP contribution >= 0.6 is 0 Å². The van der Waals surface area contributed by atoms with E-state index >= 15 is 0 Å². The lowest BCUT2D eigenvalue weighted by atomic mass is 10.2.